The SMILES string of the molecule is COC(=O)C1C(=O)c2cccc3c2C1Cc1ccc(OC)cc1C3. The van der Waals surface area contributed by atoms with Crippen LogP contribution in [0.3, 0.4) is 0 Å². The van der Waals surface area contributed by atoms with Crippen LogP contribution in [0.2, 0.25) is 0 Å². The number of ketones is 1. The maximum Gasteiger partial charge on any atom is 0.317 e. The summed E-state index contributed by atoms with van der Waals surface area (Å²) in [4.78, 5) is 25.0. The number of ether oxygens (including phenoxy) is 2. The number of hydrogen-bond acceptors (Lipinski definition) is 4. The van der Waals surface area contributed by atoms with Gasteiger partial charge in [0.15, 0.2) is 5.78 Å². The summed E-state index contributed by atoms with van der Waals surface area (Å²) in [7, 11) is 3.00. The molecular weight excluding hydrogens is 304 g/mol. The molecule has 0 heterocycles. The van der Waals surface area contributed by atoms with E-state index in [2.05, 4.69) is 0 Å². The Hall–Kier alpha value is -2.62. The third kappa shape index (κ3) is 2.06. The highest BCUT2D eigenvalue weighted by Gasteiger charge is 2.46. The summed E-state index contributed by atoms with van der Waals surface area (Å²) in [5.74, 6) is -0.614. The minimum Gasteiger partial charge on any atom is -0.497 e. The van der Waals surface area contributed by atoms with Crippen LogP contribution in [-0.2, 0) is 22.4 Å². The van der Waals surface area contributed by atoms with E-state index < -0.39 is 11.9 Å². The Morgan fingerprint density at radius 2 is 1.92 bits per heavy atom. The van der Waals surface area contributed by atoms with Gasteiger partial charge in [-0.2, -0.15) is 0 Å². The first-order valence-electron chi connectivity index (χ1n) is 8.03. The van der Waals surface area contributed by atoms with Crippen molar-refractivity contribution in [2.45, 2.75) is 18.8 Å². The van der Waals surface area contributed by atoms with Crippen molar-refractivity contribution in [3.05, 3.63) is 64.2 Å². The Morgan fingerprint density at radius 3 is 2.67 bits per heavy atom. The lowest BCUT2D eigenvalue weighted by molar-refractivity contribution is -0.144. The van der Waals surface area contributed by atoms with Gasteiger partial charge in [0.2, 0.25) is 0 Å². The Bertz CT molecular complexity index is 853. The molecule has 2 aromatic rings. The molecule has 2 unspecified atom stereocenters. The average molecular weight is 322 g/mol. The minimum absolute atomic E-state index is 0.110. The molecule has 0 bridgehead atoms. The summed E-state index contributed by atoms with van der Waals surface area (Å²) < 4.78 is 10.3. The van der Waals surface area contributed by atoms with Gasteiger partial charge in [-0.05, 0) is 47.2 Å². The molecule has 0 aliphatic heterocycles. The van der Waals surface area contributed by atoms with E-state index in [1.54, 1.807) is 7.11 Å². The molecule has 0 radical (unpaired) electrons. The third-order valence-corrected chi connectivity index (χ3v) is 5.21. The van der Waals surface area contributed by atoms with Gasteiger partial charge in [-0.25, -0.2) is 0 Å². The molecule has 0 aromatic heterocycles. The quantitative estimate of drug-likeness (QED) is 0.630. The summed E-state index contributed by atoms with van der Waals surface area (Å²) >= 11 is 0. The van der Waals surface area contributed by atoms with E-state index in [-0.39, 0.29) is 11.7 Å². The molecule has 0 N–H and O–H groups in total. The van der Waals surface area contributed by atoms with Crippen LogP contribution < -0.4 is 4.74 Å². The molecule has 122 valence electrons. The van der Waals surface area contributed by atoms with E-state index in [0.717, 1.165) is 28.9 Å². The molecule has 2 aliphatic rings. The summed E-state index contributed by atoms with van der Waals surface area (Å²) in [5, 5.41) is 0. The van der Waals surface area contributed by atoms with Gasteiger partial charge in [-0.1, -0.05) is 24.3 Å². The number of carbonyl (C=O) groups is 2. The van der Waals surface area contributed by atoms with Gasteiger partial charge in [-0.3, -0.25) is 9.59 Å². The lowest BCUT2D eigenvalue weighted by Gasteiger charge is -2.17. The van der Waals surface area contributed by atoms with Gasteiger partial charge in [0.05, 0.1) is 14.2 Å². The van der Waals surface area contributed by atoms with Crippen LogP contribution in [0, 0.1) is 5.92 Å². The van der Waals surface area contributed by atoms with Crippen LogP contribution >= 0.6 is 0 Å². The van der Waals surface area contributed by atoms with Crippen molar-refractivity contribution < 1.29 is 19.1 Å². The number of hydrogen-bond donors (Lipinski definition) is 0. The molecule has 24 heavy (non-hydrogen) atoms. The molecule has 2 aliphatic carbocycles. The van der Waals surface area contributed by atoms with E-state index in [0.29, 0.717) is 12.0 Å². The van der Waals surface area contributed by atoms with E-state index in [9.17, 15) is 9.59 Å². The maximum atomic E-state index is 12.8. The van der Waals surface area contributed by atoms with Crippen LogP contribution in [0.15, 0.2) is 36.4 Å². The predicted octanol–water partition coefficient (Wildman–Crippen LogP) is 2.91. The number of esters is 1. The molecule has 0 fully saturated rings. The highest BCUT2D eigenvalue weighted by atomic mass is 16.5. The Morgan fingerprint density at radius 1 is 1.08 bits per heavy atom. The number of rotatable bonds is 2. The van der Waals surface area contributed by atoms with Gasteiger partial charge >= 0.3 is 5.97 Å². The molecule has 0 saturated heterocycles. The fraction of sp³-hybridized carbons (Fsp3) is 0.300. The Kier molecular flexibility index (Phi) is 3.41. The normalized spacial score (nSPS) is 20.8. The van der Waals surface area contributed by atoms with Gasteiger partial charge in [-0.15, -0.1) is 0 Å². The van der Waals surface area contributed by atoms with Gasteiger partial charge < -0.3 is 9.47 Å². The van der Waals surface area contributed by atoms with E-state index in [1.165, 1.54) is 12.7 Å². The largest absolute Gasteiger partial charge is 0.497 e. The average Bonchev–Trinajstić information content (AvgIpc) is 2.78. The zero-order valence-electron chi connectivity index (χ0n) is 13.7. The van der Waals surface area contributed by atoms with Crippen molar-refractivity contribution in [3.8, 4) is 5.75 Å². The van der Waals surface area contributed by atoms with Crippen molar-refractivity contribution in [3.63, 3.8) is 0 Å². The van der Waals surface area contributed by atoms with Crippen LogP contribution in [0.1, 0.15) is 38.5 Å². The number of fused-ring (bicyclic) bond motifs is 1. The fourth-order valence-corrected chi connectivity index (χ4v) is 4.09. The number of carbonyl (C=O) groups excluding carboxylic acids is 2. The monoisotopic (exact) mass is 322 g/mol. The predicted molar refractivity (Wildman–Crippen MR) is 88.5 cm³/mol. The molecule has 4 heteroatoms. The van der Waals surface area contributed by atoms with Crippen molar-refractivity contribution in [2.75, 3.05) is 14.2 Å². The molecule has 2 atom stereocenters. The van der Waals surface area contributed by atoms with E-state index in [4.69, 9.17) is 9.47 Å². The van der Waals surface area contributed by atoms with Gasteiger partial charge in [0.1, 0.15) is 11.7 Å². The Balaban J connectivity index is 1.89. The number of Topliss-reactive ketones (excluding diaryl/α,β-unsaturated/α-hetero) is 1. The third-order valence-electron chi connectivity index (χ3n) is 5.21. The highest BCUT2D eigenvalue weighted by Crippen LogP contribution is 2.45. The van der Waals surface area contributed by atoms with E-state index >= 15 is 0 Å². The van der Waals surface area contributed by atoms with Crippen LogP contribution in [0.25, 0.3) is 0 Å². The summed E-state index contributed by atoms with van der Waals surface area (Å²) in [6.07, 6.45) is 1.40. The van der Waals surface area contributed by atoms with Crippen molar-refractivity contribution in [1.82, 2.24) is 0 Å². The lowest BCUT2D eigenvalue weighted by Crippen LogP contribution is -2.26. The van der Waals surface area contributed by atoms with Crippen molar-refractivity contribution in [2.24, 2.45) is 5.92 Å². The minimum atomic E-state index is -0.737. The van der Waals surface area contributed by atoms with Crippen molar-refractivity contribution >= 4 is 11.8 Å². The summed E-state index contributed by atoms with van der Waals surface area (Å²) in [6.45, 7) is 0. The second-order valence-corrected chi connectivity index (χ2v) is 6.37. The zero-order valence-corrected chi connectivity index (χ0v) is 13.7. The van der Waals surface area contributed by atoms with Gasteiger partial charge in [0, 0.05) is 11.5 Å². The second kappa shape index (κ2) is 5.48. The molecule has 0 amide bonds. The topological polar surface area (TPSA) is 52.6 Å². The number of methoxy groups -OCH3 is 2. The maximum absolute atomic E-state index is 12.8. The molecule has 4 nitrogen and oxygen atoms in total. The van der Waals surface area contributed by atoms with Crippen LogP contribution in [0.5, 0.6) is 5.75 Å². The van der Waals surface area contributed by atoms with Crippen LogP contribution in [-0.4, -0.2) is 26.0 Å². The summed E-state index contributed by atoms with van der Waals surface area (Å²) in [6, 6.07) is 11.8. The first-order valence-corrected chi connectivity index (χ1v) is 8.03. The Labute approximate surface area is 140 Å². The molecular formula is C20H18O4. The first kappa shape index (κ1) is 14.9. The van der Waals surface area contributed by atoms with Crippen LogP contribution in [0.4, 0.5) is 0 Å². The summed E-state index contributed by atoms with van der Waals surface area (Å²) in [5.41, 5.74) is 5.16. The highest BCUT2D eigenvalue weighted by molar-refractivity contribution is 6.13. The second-order valence-electron chi connectivity index (χ2n) is 6.37. The molecule has 0 spiro atoms. The zero-order chi connectivity index (χ0) is 16.8. The lowest BCUT2D eigenvalue weighted by atomic mass is 9.86. The molecule has 2 aromatic carbocycles. The van der Waals surface area contributed by atoms with Gasteiger partial charge in [0.25, 0.3) is 0 Å². The first-order chi connectivity index (χ1) is 11.6. The molecule has 4 rings (SSSR count). The standard InChI is InChI=1S/C20H18O4/c1-23-14-7-6-11-10-16-17-12(8-13(11)9-14)4-3-5-15(17)19(21)18(16)20(22)24-2/h3-7,9,16,18H,8,10H2,1-2H3. The number of benzene rings is 2. The smallest absolute Gasteiger partial charge is 0.317 e. The molecule has 0 saturated carbocycles. The van der Waals surface area contributed by atoms with E-state index in [1.807, 2.05) is 36.4 Å². The fourth-order valence-electron chi connectivity index (χ4n) is 4.09. The van der Waals surface area contributed by atoms with Crippen molar-refractivity contribution in [1.29, 1.82) is 0 Å².